The molecule has 0 unspecified atom stereocenters. The van der Waals surface area contributed by atoms with Gasteiger partial charge in [0.1, 0.15) is 12.4 Å². The number of nitrogen functional groups attached to an aromatic ring is 1. The molecule has 1 amide bonds. The Morgan fingerprint density at radius 2 is 2.04 bits per heavy atom. The number of benzene rings is 1. The minimum absolute atomic E-state index is 0.230. The first-order valence-electron chi connectivity index (χ1n) is 8.06. The van der Waals surface area contributed by atoms with Crippen molar-refractivity contribution in [2.24, 2.45) is 12.8 Å². The average Bonchev–Trinajstić information content (AvgIpc) is 2.99. The average molecular weight is 352 g/mol. The van der Waals surface area contributed by atoms with E-state index in [1.807, 2.05) is 0 Å². The van der Waals surface area contributed by atoms with Crippen LogP contribution in [-0.2, 0) is 7.05 Å². The molecule has 0 saturated carbocycles. The zero-order valence-electron chi connectivity index (χ0n) is 14.3. The summed E-state index contributed by atoms with van der Waals surface area (Å²) in [5.41, 5.74) is 14.7. The Kier molecular flexibility index (Phi) is 5.14. The third-order valence-corrected chi connectivity index (χ3v) is 3.78. The van der Waals surface area contributed by atoms with Crippen molar-refractivity contribution in [3.05, 3.63) is 54.5 Å². The number of aryl methyl sites for hydroxylation is 1. The van der Waals surface area contributed by atoms with Gasteiger partial charge in [-0.15, -0.1) is 0 Å². The molecule has 0 atom stereocenters. The molecule has 5 N–H and O–H groups in total. The second-order valence-electron chi connectivity index (χ2n) is 5.61. The lowest BCUT2D eigenvalue weighted by atomic mass is 10.1. The molecule has 2 heterocycles. The van der Waals surface area contributed by atoms with Crippen LogP contribution in [0.2, 0.25) is 0 Å². The number of anilines is 2. The van der Waals surface area contributed by atoms with Crippen molar-refractivity contribution in [1.29, 1.82) is 0 Å². The first kappa shape index (κ1) is 17.4. The quantitative estimate of drug-likeness (QED) is 0.620. The molecule has 0 aliphatic rings. The first-order chi connectivity index (χ1) is 12.6. The van der Waals surface area contributed by atoms with Gasteiger partial charge in [0.05, 0.1) is 17.6 Å². The van der Waals surface area contributed by atoms with Gasteiger partial charge in [0.2, 0.25) is 0 Å². The minimum atomic E-state index is -0.230. The minimum Gasteiger partial charge on any atom is -0.492 e. The van der Waals surface area contributed by atoms with Crippen LogP contribution in [0.25, 0.3) is 11.3 Å². The van der Waals surface area contributed by atoms with Gasteiger partial charge in [-0.2, -0.15) is 5.10 Å². The van der Waals surface area contributed by atoms with Crippen LogP contribution in [-0.4, -0.2) is 33.8 Å². The van der Waals surface area contributed by atoms with E-state index in [1.54, 1.807) is 60.7 Å². The molecule has 8 nitrogen and oxygen atoms in total. The van der Waals surface area contributed by atoms with Crippen LogP contribution in [0, 0.1) is 0 Å². The normalized spacial score (nSPS) is 10.5. The second kappa shape index (κ2) is 7.66. The summed E-state index contributed by atoms with van der Waals surface area (Å²) in [4.78, 5) is 16.3. The van der Waals surface area contributed by atoms with E-state index in [-0.39, 0.29) is 5.91 Å². The zero-order valence-corrected chi connectivity index (χ0v) is 14.3. The van der Waals surface area contributed by atoms with E-state index in [0.717, 1.165) is 5.56 Å². The van der Waals surface area contributed by atoms with Crippen molar-refractivity contribution < 1.29 is 9.53 Å². The van der Waals surface area contributed by atoms with Gasteiger partial charge in [-0.05, 0) is 30.3 Å². The van der Waals surface area contributed by atoms with E-state index >= 15 is 0 Å². The predicted molar refractivity (Wildman–Crippen MR) is 99.8 cm³/mol. The van der Waals surface area contributed by atoms with E-state index < -0.39 is 0 Å². The van der Waals surface area contributed by atoms with Crippen LogP contribution in [0.15, 0.2) is 48.9 Å². The van der Waals surface area contributed by atoms with Crippen LogP contribution >= 0.6 is 0 Å². The Hall–Kier alpha value is -3.39. The van der Waals surface area contributed by atoms with E-state index in [2.05, 4.69) is 15.4 Å². The number of ether oxygens (including phenoxy) is 1. The van der Waals surface area contributed by atoms with Gasteiger partial charge in [-0.25, -0.2) is 0 Å². The van der Waals surface area contributed by atoms with Gasteiger partial charge < -0.3 is 21.5 Å². The van der Waals surface area contributed by atoms with Crippen molar-refractivity contribution >= 4 is 17.3 Å². The summed E-state index contributed by atoms with van der Waals surface area (Å²) in [5.74, 6) is 0.389. The van der Waals surface area contributed by atoms with Gasteiger partial charge in [-0.3, -0.25) is 14.5 Å². The Morgan fingerprint density at radius 1 is 1.27 bits per heavy atom. The fourth-order valence-corrected chi connectivity index (χ4v) is 2.58. The fourth-order valence-electron chi connectivity index (χ4n) is 2.58. The van der Waals surface area contributed by atoms with Gasteiger partial charge in [-0.1, -0.05) is 0 Å². The number of aromatic nitrogens is 3. The van der Waals surface area contributed by atoms with Gasteiger partial charge in [0, 0.05) is 42.8 Å². The lowest BCUT2D eigenvalue weighted by Crippen LogP contribution is -2.13. The van der Waals surface area contributed by atoms with Crippen molar-refractivity contribution in [2.45, 2.75) is 0 Å². The van der Waals surface area contributed by atoms with Crippen LogP contribution in [0.1, 0.15) is 10.4 Å². The molecule has 0 radical (unpaired) electrons. The lowest BCUT2D eigenvalue weighted by Gasteiger charge is -2.14. The maximum absolute atomic E-state index is 12.4. The first-order valence-corrected chi connectivity index (χ1v) is 8.06. The fraction of sp³-hybridized carbons (Fsp3) is 0.167. The molecule has 0 spiro atoms. The highest BCUT2D eigenvalue weighted by atomic mass is 16.5. The van der Waals surface area contributed by atoms with E-state index in [0.29, 0.717) is 41.5 Å². The Morgan fingerprint density at radius 3 is 2.69 bits per heavy atom. The smallest absolute Gasteiger partial charge is 0.255 e. The SMILES string of the molecule is Cn1ncc(N)c1-c1cc(NC(=O)c2ccncc2)ccc1OCCN. The van der Waals surface area contributed by atoms with Crippen LogP contribution in [0.4, 0.5) is 11.4 Å². The predicted octanol–water partition coefficient (Wildman–Crippen LogP) is 1.65. The third-order valence-electron chi connectivity index (χ3n) is 3.78. The van der Waals surface area contributed by atoms with Crippen molar-refractivity contribution in [1.82, 2.24) is 14.8 Å². The Bertz CT molecular complexity index is 888. The molecule has 0 saturated heterocycles. The molecule has 1 aromatic carbocycles. The van der Waals surface area contributed by atoms with E-state index in [4.69, 9.17) is 16.2 Å². The molecule has 2 aromatic heterocycles. The Labute approximate surface area is 150 Å². The summed E-state index contributed by atoms with van der Waals surface area (Å²) in [6.07, 6.45) is 4.71. The molecule has 3 rings (SSSR count). The summed E-state index contributed by atoms with van der Waals surface area (Å²) in [7, 11) is 1.79. The number of nitrogens with one attached hydrogen (secondary N) is 1. The van der Waals surface area contributed by atoms with E-state index in [9.17, 15) is 4.79 Å². The highest BCUT2D eigenvalue weighted by Gasteiger charge is 2.16. The molecule has 8 heteroatoms. The number of nitrogens with zero attached hydrogens (tertiary/aromatic N) is 3. The molecule has 0 bridgehead atoms. The lowest BCUT2D eigenvalue weighted by molar-refractivity contribution is 0.102. The third kappa shape index (κ3) is 3.65. The summed E-state index contributed by atoms with van der Waals surface area (Å²) >= 11 is 0. The van der Waals surface area contributed by atoms with Crippen LogP contribution in [0.3, 0.4) is 0 Å². The zero-order chi connectivity index (χ0) is 18.5. The highest BCUT2D eigenvalue weighted by Crippen LogP contribution is 2.35. The molecule has 0 aliphatic heterocycles. The highest BCUT2D eigenvalue weighted by molar-refractivity contribution is 6.04. The number of hydrogen-bond acceptors (Lipinski definition) is 6. The Balaban J connectivity index is 1.96. The van der Waals surface area contributed by atoms with Crippen molar-refractivity contribution in [3.8, 4) is 17.0 Å². The molecular weight excluding hydrogens is 332 g/mol. The second-order valence-corrected chi connectivity index (χ2v) is 5.61. The van der Waals surface area contributed by atoms with Gasteiger partial charge in [0.25, 0.3) is 5.91 Å². The van der Waals surface area contributed by atoms with Crippen molar-refractivity contribution in [3.63, 3.8) is 0 Å². The van der Waals surface area contributed by atoms with Gasteiger partial charge in [0.15, 0.2) is 0 Å². The number of pyridine rings is 1. The monoisotopic (exact) mass is 352 g/mol. The number of carbonyl (C=O) groups is 1. The number of amides is 1. The summed E-state index contributed by atoms with van der Waals surface area (Å²) in [6.45, 7) is 0.758. The maximum atomic E-state index is 12.4. The molecule has 0 fully saturated rings. The summed E-state index contributed by atoms with van der Waals surface area (Å²) < 4.78 is 7.38. The van der Waals surface area contributed by atoms with Gasteiger partial charge >= 0.3 is 0 Å². The molecule has 3 aromatic rings. The molecule has 134 valence electrons. The van der Waals surface area contributed by atoms with E-state index in [1.165, 1.54) is 0 Å². The largest absolute Gasteiger partial charge is 0.492 e. The number of hydrogen-bond donors (Lipinski definition) is 3. The summed E-state index contributed by atoms with van der Waals surface area (Å²) in [6, 6.07) is 8.64. The number of nitrogens with two attached hydrogens (primary N) is 2. The maximum Gasteiger partial charge on any atom is 0.255 e. The van der Waals surface area contributed by atoms with Crippen LogP contribution < -0.4 is 21.5 Å². The topological polar surface area (TPSA) is 121 Å². The van der Waals surface area contributed by atoms with Crippen LogP contribution in [0.5, 0.6) is 5.75 Å². The molecular formula is C18H20N6O2. The molecule has 0 aliphatic carbocycles. The summed E-state index contributed by atoms with van der Waals surface area (Å²) in [5, 5.41) is 7.03. The van der Waals surface area contributed by atoms with Crippen molar-refractivity contribution in [2.75, 3.05) is 24.2 Å². The number of rotatable bonds is 6. The number of carbonyl (C=O) groups excluding carboxylic acids is 1. The molecule has 26 heavy (non-hydrogen) atoms. The standard InChI is InChI=1S/C18H20N6O2/c1-24-17(15(20)11-22-24)14-10-13(2-3-16(14)26-9-6-19)23-18(25)12-4-7-21-8-5-12/h2-5,7-8,10-11H,6,9,19-20H2,1H3,(H,23,25).